The summed E-state index contributed by atoms with van der Waals surface area (Å²) in [6.45, 7) is -0.408. The van der Waals surface area contributed by atoms with Crippen molar-refractivity contribution in [3.8, 4) is 0 Å². The maximum absolute atomic E-state index is 12.3. The number of imide groups is 1. The number of thioether (sulfide) groups is 1. The highest BCUT2D eigenvalue weighted by atomic mass is 35.5. The van der Waals surface area contributed by atoms with Crippen LogP contribution < -0.4 is 0 Å². The second-order valence-corrected chi connectivity index (χ2v) is 7.56. The van der Waals surface area contributed by atoms with E-state index in [-0.39, 0.29) is 4.91 Å². The van der Waals surface area contributed by atoms with Crippen LogP contribution in [0.4, 0.5) is 4.79 Å². The first-order valence-electron chi connectivity index (χ1n) is 7.31. The van der Waals surface area contributed by atoms with Gasteiger partial charge >= 0.3 is 5.97 Å². The van der Waals surface area contributed by atoms with Gasteiger partial charge in [0.05, 0.1) is 12.0 Å². The molecule has 1 aromatic carbocycles. The monoisotopic (exact) mass is 409 g/mol. The lowest BCUT2D eigenvalue weighted by molar-refractivity contribution is -0.143. The fourth-order valence-corrected chi connectivity index (χ4v) is 3.77. The normalized spacial score (nSPS) is 15.8. The third-order valence-corrected chi connectivity index (χ3v) is 5.38. The summed E-state index contributed by atoms with van der Waals surface area (Å²) in [7, 11) is 1.19. The maximum Gasteiger partial charge on any atom is 0.325 e. The molecule has 0 bridgehead atoms. The first kappa shape index (κ1) is 18.6. The van der Waals surface area contributed by atoms with E-state index in [2.05, 4.69) is 4.74 Å². The number of benzene rings is 1. The number of hydrogen-bond acceptors (Lipinski definition) is 7. The summed E-state index contributed by atoms with van der Waals surface area (Å²) in [5.74, 6) is -0.771. The first-order chi connectivity index (χ1) is 12.5. The number of nitrogens with zero attached hydrogens (tertiary/aromatic N) is 1. The molecular formula is C17H12ClNO5S2. The molecule has 0 unspecified atom stereocenters. The predicted octanol–water partition coefficient (Wildman–Crippen LogP) is 4.29. The van der Waals surface area contributed by atoms with Crippen molar-refractivity contribution in [2.45, 2.75) is 9.99 Å². The summed E-state index contributed by atoms with van der Waals surface area (Å²) in [5.41, 5.74) is 0. The molecule has 1 saturated heterocycles. The highest BCUT2D eigenvalue weighted by Crippen LogP contribution is 2.34. The van der Waals surface area contributed by atoms with E-state index in [4.69, 9.17) is 16.0 Å². The highest BCUT2D eigenvalue weighted by Gasteiger charge is 2.36. The predicted molar refractivity (Wildman–Crippen MR) is 99.0 cm³/mol. The van der Waals surface area contributed by atoms with Gasteiger partial charge in [0.2, 0.25) is 0 Å². The maximum atomic E-state index is 12.3. The Morgan fingerprint density at radius 1 is 1.27 bits per heavy atom. The number of methoxy groups -OCH3 is 1. The van der Waals surface area contributed by atoms with Crippen LogP contribution in [0.25, 0.3) is 6.08 Å². The summed E-state index contributed by atoms with van der Waals surface area (Å²) >= 11 is 8.01. The molecule has 0 atom stereocenters. The summed E-state index contributed by atoms with van der Waals surface area (Å²) in [6, 6.07) is 10.8. The van der Waals surface area contributed by atoms with Crippen LogP contribution in [-0.2, 0) is 14.3 Å². The van der Waals surface area contributed by atoms with Gasteiger partial charge in [-0.25, -0.2) is 0 Å². The van der Waals surface area contributed by atoms with Crippen molar-refractivity contribution < 1.29 is 23.5 Å². The van der Waals surface area contributed by atoms with E-state index in [1.165, 1.54) is 24.9 Å². The molecule has 9 heteroatoms. The Morgan fingerprint density at radius 2 is 2.00 bits per heavy atom. The molecule has 1 aliphatic heterocycles. The standard InChI is InChI=1S/C17H12ClNO5S2/c1-23-14(20)9-19-16(21)13(26-17(19)22)8-11-4-7-15(24-11)25-12-5-2-10(18)3-6-12/h2-8H,9H2,1H3/b13-8-. The molecule has 2 amide bonds. The quantitative estimate of drug-likeness (QED) is 0.538. The molecule has 2 aromatic rings. The van der Waals surface area contributed by atoms with Crippen LogP contribution in [0.3, 0.4) is 0 Å². The second kappa shape index (κ2) is 8.03. The van der Waals surface area contributed by atoms with Crippen LogP contribution in [0, 0.1) is 0 Å². The van der Waals surface area contributed by atoms with Gasteiger partial charge in [-0.3, -0.25) is 19.3 Å². The molecule has 1 aliphatic rings. The summed E-state index contributed by atoms with van der Waals surface area (Å²) < 4.78 is 10.2. The number of halogens is 1. The number of amides is 2. The Morgan fingerprint density at radius 3 is 2.69 bits per heavy atom. The van der Waals surface area contributed by atoms with Gasteiger partial charge in [-0.1, -0.05) is 23.4 Å². The Hall–Kier alpha value is -2.16. The fourth-order valence-electron chi connectivity index (χ4n) is 2.04. The molecule has 26 heavy (non-hydrogen) atoms. The topological polar surface area (TPSA) is 76.8 Å². The van der Waals surface area contributed by atoms with Crippen molar-refractivity contribution in [1.29, 1.82) is 0 Å². The van der Waals surface area contributed by atoms with Gasteiger partial charge in [0, 0.05) is 16.0 Å². The van der Waals surface area contributed by atoms with Crippen LogP contribution in [0.2, 0.25) is 5.02 Å². The number of rotatable bonds is 5. The average Bonchev–Trinajstić information content (AvgIpc) is 3.16. The Balaban J connectivity index is 1.71. The Kier molecular flexibility index (Phi) is 5.75. The van der Waals surface area contributed by atoms with Crippen molar-refractivity contribution in [2.75, 3.05) is 13.7 Å². The minimum Gasteiger partial charge on any atom is -0.468 e. The first-order valence-corrected chi connectivity index (χ1v) is 9.33. The van der Waals surface area contributed by atoms with Crippen LogP contribution >= 0.6 is 35.1 Å². The minimum absolute atomic E-state index is 0.191. The fraction of sp³-hybridized carbons (Fsp3) is 0.118. The molecule has 0 saturated carbocycles. The lowest BCUT2D eigenvalue weighted by atomic mass is 10.3. The molecule has 0 spiro atoms. The molecule has 2 heterocycles. The molecule has 6 nitrogen and oxygen atoms in total. The number of esters is 1. The molecule has 0 N–H and O–H groups in total. The molecule has 3 rings (SSSR count). The van der Waals surface area contributed by atoms with E-state index in [0.717, 1.165) is 21.6 Å². The van der Waals surface area contributed by atoms with E-state index in [9.17, 15) is 14.4 Å². The Bertz CT molecular complexity index is 891. The summed E-state index contributed by atoms with van der Waals surface area (Å²) in [4.78, 5) is 37.4. The SMILES string of the molecule is COC(=O)CN1C(=O)S/C(=C\c2ccc(Sc3ccc(Cl)cc3)o2)C1=O. The molecular weight excluding hydrogens is 398 g/mol. The van der Waals surface area contributed by atoms with Gasteiger partial charge in [0.1, 0.15) is 12.3 Å². The number of hydrogen-bond donors (Lipinski definition) is 0. The molecule has 134 valence electrons. The minimum atomic E-state index is -0.659. The number of carbonyl (C=O) groups is 3. The average molecular weight is 410 g/mol. The van der Waals surface area contributed by atoms with Crippen LogP contribution in [0.5, 0.6) is 0 Å². The lowest BCUT2D eigenvalue weighted by Gasteiger charge is -2.09. The van der Waals surface area contributed by atoms with Gasteiger partial charge in [-0.05, 0) is 48.2 Å². The van der Waals surface area contributed by atoms with Gasteiger partial charge in [-0.15, -0.1) is 0 Å². The molecule has 1 fully saturated rings. The highest BCUT2D eigenvalue weighted by molar-refractivity contribution is 8.18. The van der Waals surface area contributed by atoms with Crippen LogP contribution in [-0.4, -0.2) is 35.7 Å². The third-order valence-electron chi connectivity index (χ3n) is 3.30. The lowest BCUT2D eigenvalue weighted by Crippen LogP contribution is -2.34. The van der Waals surface area contributed by atoms with Crippen molar-refractivity contribution in [3.05, 3.63) is 52.1 Å². The third kappa shape index (κ3) is 4.32. The van der Waals surface area contributed by atoms with Gasteiger partial charge < -0.3 is 9.15 Å². The molecule has 0 aliphatic carbocycles. The van der Waals surface area contributed by atoms with Crippen molar-refractivity contribution in [1.82, 2.24) is 4.90 Å². The van der Waals surface area contributed by atoms with E-state index in [1.54, 1.807) is 24.3 Å². The van der Waals surface area contributed by atoms with Crippen LogP contribution in [0.1, 0.15) is 5.76 Å². The van der Waals surface area contributed by atoms with Gasteiger partial charge in [0.25, 0.3) is 11.1 Å². The number of furan rings is 1. The van der Waals surface area contributed by atoms with Crippen molar-refractivity contribution in [3.63, 3.8) is 0 Å². The van der Waals surface area contributed by atoms with Crippen molar-refractivity contribution in [2.24, 2.45) is 0 Å². The van der Waals surface area contributed by atoms with Gasteiger partial charge in [-0.2, -0.15) is 0 Å². The molecule has 1 aromatic heterocycles. The van der Waals surface area contributed by atoms with E-state index in [0.29, 0.717) is 15.9 Å². The summed E-state index contributed by atoms with van der Waals surface area (Å²) in [5, 5.41) is 0.762. The number of ether oxygens (including phenoxy) is 1. The zero-order valence-corrected chi connectivity index (χ0v) is 15.8. The van der Waals surface area contributed by atoms with E-state index < -0.39 is 23.7 Å². The molecule has 0 radical (unpaired) electrons. The summed E-state index contributed by atoms with van der Waals surface area (Å²) in [6.07, 6.45) is 1.48. The van der Waals surface area contributed by atoms with Gasteiger partial charge in [0.15, 0.2) is 5.09 Å². The van der Waals surface area contributed by atoms with E-state index >= 15 is 0 Å². The number of carbonyl (C=O) groups excluding carboxylic acids is 3. The Labute approximate surface area is 162 Å². The largest absolute Gasteiger partial charge is 0.468 e. The van der Waals surface area contributed by atoms with Crippen molar-refractivity contribution >= 4 is 58.3 Å². The second-order valence-electron chi connectivity index (χ2n) is 5.06. The van der Waals surface area contributed by atoms with E-state index in [1.807, 2.05) is 12.1 Å². The smallest absolute Gasteiger partial charge is 0.325 e. The van der Waals surface area contributed by atoms with Crippen LogP contribution in [0.15, 0.2) is 55.7 Å². The zero-order valence-electron chi connectivity index (χ0n) is 13.4. The zero-order chi connectivity index (χ0) is 18.7.